The van der Waals surface area contributed by atoms with Gasteiger partial charge in [-0.1, -0.05) is 25.0 Å². The van der Waals surface area contributed by atoms with Crippen molar-refractivity contribution in [1.82, 2.24) is 4.90 Å². The van der Waals surface area contributed by atoms with Gasteiger partial charge in [0.1, 0.15) is 5.75 Å². The van der Waals surface area contributed by atoms with Crippen molar-refractivity contribution in [2.24, 2.45) is 5.92 Å². The Morgan fingerprint density at radius 2 is 1.84 bits per heavy atom. The Labute approximate surface area is 116 Å². The third kappa shape index (κ3) is 2.38. The molecule has 1 aliphatic heterocycles. The zero-order valence-electron chi connectivity index (χ0n) is 11.9. The summed E-state index contributed by atoms with van der Waals surface area (Å²) in [6.07, 6.45) is 8.02. The maximum absolute atomic E-state index is 9.84. The van der Waals surface area contributed by atoms with E-state index >= 15 is 0 Å². The average molecular weight is 259 g/mol. The number of likely N-dealkylation sites (tertiary alicyclic amines) is 1. The van der Waals surface area contributed by atoms with Gasteiger partial charge in [-0.15, -0.1) is 0 Å². The van der Waals surface area contributed by atoms with Gasteiger partial charge in [-0.3, -0.25) is 0 Å². The number of benzene rings is 1. The minimum atomic E-state index is 0.321. The van der Waals surface area contributed by atoms with E-state index in [1.165, 1.54) is 57.2 Å². The Hall–Kier alpha value is -1.02. The van der Waals surface area contributed by atoms with Gasteiger partial charge in [-0.2, -0.15) is 0 Å². The van der Waals surface area contributed by atoms with E-state index in [9.17, 15) is 5.11 Å². The second-order valence-electron chi connectivity index (χ2n) is 6.49. The van der Waals surface area contributed by atoms with Crippen LogP contribution in [0.2, 0.25) is 0 Å². The molecule has 1 aliphatic carbocycles. The zero-order valence-corrected chi connectivity index (χ0v) is 11.9. The molecule has 1 aromatic rings. The molecule has 1 saturated heterocycles. The second kappa shape index (κ2) is 5.16. The first kappa shape index (κ1) is 13.0. The quantitative estimate of drug-likeness (QED) is 0.878. The minimum Gasteiger partial charge on any atom is -0.508 e. The van der Waals surface area contributed by atoms with Crippen LogP contribution in [0.4, 0.5) is 0 Å². The normalized spacial score (nSPS) is 24.7. The molecule has 0 bridgehead atoms. The predicted molar refractivity (Wildman–Crippen MR) is 78.5 cm³/mol. The Bertz CT molecular complexity index is 429. The van der Waals surface area contributed by atoms with E-state index in [4.69, 9.17) is 0 Å². The Morgan fingerprint density at radius 3 is 2.47 bits per heavy atom. The molecule has 3 rings (SSSR count). The van der Waals surface area contributed by atoms with E-state index in [1.54, 1.807) is 6.07 Å². The number of rotatable bonds is 2. The van der Waals surface area contributed by atoms with Crippen LogP contribution < -0.4 is 0 Å². The minimum absolute atomic E-state index is 0.321. The number of aromatic hydroxyl groups is 1. The van der Waals surface area contributed by atoms with Crippen LogP contribution in [-0.4, -0.2) is 30.1 Å². The molecule has 0 aromatic heterocycles. The first-order valence-electron chi connectivity index (χ1n) is 7.69. The smallest absolute Gasteiger partial charge is 0.115 e. The maximum atomic E-state index is 9.84. The van der Waals surface area contributed by atoms with Crippen molar-refractivity contribution in [3.8, 4) is 5.75 Å². The molecular formula is C17H25NO. The summed E-state index contributed by atoms with van der Waals surface area (Å²) in [4.78, 5) is 2.44. The van der Waals surface area contributed by atoms with E-state index in [1.807, 2.05) is 12.1 Å². The number of hydrogen-bond acceptors (Lipinski definition) is 2. The highest BCUT2D eigenvalue weighted by atomic mass is 16.3. The van der Waals surface area contributed by atoms with Crippen molar-refractivity contribution < 1.29 is 5.11 Å². The highest BCUT2D eigenvalue weighted by Gasteiger charge is 2.43. The topological polar surface area (TPSA) is 23.5 Å². The third-order valence-corrected chi connectivity index (χ3v) is 5.44. The molecule has 1 N–H and O–H groups in total. The SMILES string of the molecule is CN1CCC(c2cccc(O)c2)(C2CCCC2)CC1. The maximum Gasteiger partial charge on any atom is 0.115 e. The van der Waals surface area contributed by atoms with Crippen LogP contribution in [0, 0.1) is 5.92 Å². The van der Waals surface area contributed by atoms with Gasteiger partial charge in [0.15, 0.2) is 0 Å². The molecule has 2 heteroatoms. The van der Waals surface area contributed by atoms with Crippen LogP contribution in [0.3, 0.4) is 0 Å². The number of hydrogen-bond donors (Lipinski definition) is 1. The third-order valence-electron chi connectivity index (χ3n) is 5.44. The van der Waals surface area contributed by atoms with Crippen molar-refractivity contribution in [2.45, 2.75) is 43.9 Å². The summed E-state index contributed by atoms with van der Waals surface area (Å²) in [5, 5.41) is 9.84. The van der Waals surface area contributed by atoms with Gasteiger partial charge in [-0.25, -0.2) is 0 Å². The fourth-order valence-electron chi connectivity index (χ4n) is 4.24. The lowest BCUT2D eigenvalue weighted by Gasteiger charge is -2.45. The average Bonchev–Trinajstić information content (AvgIpc) is 2.94. The molecule has 1 heterocycles. The Balaban J connectivity index is 1.96. The number of phenolic OH excluding ortho intramolecular Hbond substituents is 1. The summed E-state index contributed by atoms with van der Waals surface area (Å²) < 4.78 is 0. The number of nitrogens with zero attached hydrogens (tertiary/aromatic N) is 1. The van der Waals surface area contributed by atoms with Crippen molar-refractivity contribution in [3.63, 3.8) is 0 Å². The van der Waals surface area contributed by atoms with Gasteiger partial charge in [0, 0.05) is 5.41 Å². The molecule has 0 spiro atoms. The lowest BCUT2D eigenvalue weighted by atomic mass is 9.64. The molecular weight excluding hydrogens is 234 g/mol. The highest BCUT2D eigenvalue weighted by molar-refractivity contribution is 5.34. The van der Waals surface area contributed by atoms with Gasteiger partial charge < -0.3 is 10.0 Å². The van der Waals surface area contributed by atoms with E-state index in [0.29, 0.717) is 11.2 Å². The van der Waals surface area contributed by atoms with Crippen LogP contribution >= 0.6 is 0 Å². The summed E-state index contributed by atoms with van der Waals surface area (Å²) in [5.74, 6) is 1.25. The molecule has 0 radical (unpaired) electrons. The molecule has 2 fully saturated rings. The Morgan fingerprint density at radius 1 is 1.16 bits per heavy atom. The molecule has 0 amide bonds. The van der Waals surface area contributed by atoms with Crippen molar-refractivity contribution in [3.05, 3.63) is 29.8 Å². The second-order valence-corrected chi connectivity index (χ2v) is 6.49. The summed E-state index contributed by atoms with van der Waals surface area (Å²) in [7, 11) is 2.22. The molecule has 2 nitrogen and oxygen atoms in total. The zero-order chi connectivity index (χ0) is 13.3. The van der Waals surface area contributed by atoms with Gasteiger partial charge in [0.2, 0.25) is 0 Å². The van der Waals surface area contributed by atoms with E-state index in [0.717, 1.165) is 5.92 Å². The van der Waals surface area contributed by atoms with Crippen LogP contribution in [-0.2, 0) is 5.41 Å². The van der Waals surface area contributed by atoms with Gasteiger partial charge in [-0.05, 0) is 69.4 Å². The van der Waals surface area contributed by atoms with E-state index < -0.39 is 0 Å². The summed E-state index contributed by atoms with van der Waals surface area (Å²) in [6, 6.07) is 8.06. The summed E-state index contributed by atoms with van der Waals surface area (Å²) in [6.45, 7) is 2.37. The summed E-state index contributed by atoms with van der Waals surface area (Å²) >= 11 is 0. The molecule has 0 unspecified atom stereocenters. The Kier molecular flexibility index (Phi) is 3.53. The van der Waals surface area contributed by atoms with Gasteiger partial charge in [0.05, 0.1) is 0 Å². The van der Waals surface area contributed by atoms with E-state index in [-0.39, 0.29) is 0 Å². The fourth-order valence-corrected chi connectivity index (χ4v) is 4.24. The van der Waals surface area contributed by atoms with Crippen molar-refractivity contribution in [1.29, 1.82) is 0 Å². The van der Waals surface area contributed by atoms with Crippen molar-refractivity contribution in [2.75, 3.05) is 20.1 Å². The molecule has 19 heavy (non-hydrogen) atoms. The molecule has 0 atom stereocenters. The highest BCUT2D eigenvalue weighted by Crippen LogP contribution is 2.48. The van der Waals surface area contributed by atoms with Gasteiger partial charge in [0.25, 0.3) is 0 Å². The van der Waals surface area contributed by atoms with E-state index in [2.05, 4.69) is 18.0 Å². The number of phenols is 1. The van der Waals surface area contributed by atoms with Crippen LogP contribution in [0.25, 0.3) is 0 Å². The monoisotopic (exact) mass is 259 g/mol. The molecule has 1 saturated carbocycles. The molecule has 104 valence electrons. The summed E-state index contributed by atoms with van der Waals surface area (Å²) in [5.41, 5.74) is 1.70. The van der Waals surface area contributed by atoms with Gasteiger partial charge >= 0.3 is 0 Å². The largest absolute Gasteiger partial charge is 0.508 e. The fraction of sp³-hybridized carbons (Fsp3) is 0.647. The van der Waals surface area contributed by atoms with Crippen LogP contribution in [0.15, 0.2) is 24.3 Å². The number of piperidine rings is 1. The van der Waals surface area contributed by atoms with Crippen molar-refractivity contribution >= 4 is 0 Å². The first-order valence-corrected chi connectivity index (χ1v) is 7.69. The van der Waals surface area contributed by atoms with Crippen LogP contribution in [0.5, 0.6) is 5.75 Å². The molecule has 1 aromatic carbocycles. The lowest BCUT2D eigenvalue weighted by Crippen LogP contribution is -2.45. The van der Waals surface area contributed by atoms with Crippen LogP contribution in [0.1, 0.15) is 44.1 Å². The predicted octanol–water partition coefficient (Wildman–Crippen LogP) is 3.55. The first-order chi connectivity index (χ1) is 9.21. The molecule has 2 aliphatic rings. The standard InChI is InChI=1S/C17H25NO/c1-18-11-9-17(10-12-18,14-5-2-3-6-14)15-7-4-8-16(19)13-15/h4,7-8,13-14,19H,2-3,5-6,9-12H2,1H3. The lowest BCUT2D eigenvalue weighted by molar-refractivity contribution is 0.132.